The largest absolute Gasteiger partial charge is 0.451 e. The van der Waals surface area contributed by atoms with Gasteiger partial charge in [-0.1, -0.05) is 6.42 Å². The van der Waals surface area contributed by atoms with Crippen LogP contribution < -0.4 is 10.9 Å². The molecular formula is C24H24N4O4S2. The minimum atomic E-state index is -0.652. The van der Waals surface area contributed by atoms with Gasteiger partial charge in [0.15, 0.2) is 6.61 Å². The summed E-state index contributed by atoms with van der Waals surface area (Å²) in [5.74, 6) is -0.379. The number of rotatable bonds is 4. The number of hydrogen-bond acceptors (Lipinski definition) is 8. The van der Waals surface area contributed by atoms with Gasteiger partial charge in [-0.3, -0.25) is 14.2 Å². The Kier molecular flexibility index (Phi) is 6.23. The van der Waals surface area contributed by atoms with Crippen LogP contribution in [0.5, 0.6) is 0 Å². The van der Waals surface area contributed by atoms with E-state index in [1.807, 2.05) is 0 Å². The molecule has 0 bridgehead atoms. The Morgan fingerprint density at radius 1 is 1.15 bits per heavy atom. The first-order valence-electron chi connectivity index (χ1n) is 11.5. The molecule has 4 heterocycles. The van der Waals surface area contributed by atoms with Gasteiger partial charge < -0.3 is 10.1 Å². The molecule has 0 radical (unpaired) electrons. The van der Waals surface area contributed by atoms with Gasteiger partial charge in [0.2, 0.25) is 0 Å². The average molecular weight is 497 g/mol. The fourth-order valence-corrected chi connectivity index (χ4v) is 7.08. The summed E-state index contributed by atoms with van der Waals surface area (Å²) in [4.78, 5) is 45.0. The van der Waals surface area contributed by atoms with Crippen LogP contribution in [0.1, 0.15) is 69.2 Å². The van der Waals surface area contributed by atoms with E-state index in [0.717, 1.165) is 79.0 Å². The van der Waals surface area contributed by atoms with Crippen molar-refractivity contribution in [3.8, 4) is 6.07 Å². The van der Waals surface area contributed by atoms with Crippen molar-refractivity contribution >= 4 is 49.8 Å². The van der Waals surface area contributed by atoms with E-state index in [2.05, 4.69) is 16.4 Å². The average Bonchev–Trinajstić information content (AvgIpc) is 3.23. The van der Waals surface area contributed by atoms with E-state index < -0.39 is 18.5 Å². The molecule has 2 aliphatic rings. The molecule has 0 saturated heterocycles. The topological polar surface area (TPSA) is 114 Å². The van der Waals surface area contributed by atoms with E-state index in [4.69, 9.17) is 4.74 Å². The van der Waals surface area contributed by atoms with E-state index in [0.29, 0.717) is 32.9 Å². The molecule has 0 saturated carbocycles. The Balaban J connectivity index is 1.32. The number of aryl methyl sites for hydroxylation is 3. The highest BCUT2D eigenvalue weighted by Gasteiger charge is 2.25. The molecule has 1 N–H and O–H groups in total. The van der Waals surface area contributed by atoms with Gasteiger partial charge in [0.05, 0.1) is 10.9 Å². The molecule has 1 aliphatic heterocycles. The number of nitrogens with zero attached hydrogens (tertiary/aromatic N) is 3. The van der Waals surface area contributed by atoms with Crippen molar-refractivity contribution in [3.63, 3.8) is 0 Å². The molecular weight excluding hydrogens is 472 g/mol. The van der Waals surface area contributed by atoms with Gasteiger partial charge in [0.25, 0.3) is 11.5 Å². The number of aromatic nitrogens is 2. The smallest absolute Gasteiger partial charge is 0.349 e. The van der Waals surface area contributed by atoms with Gasteiger partial charge in [-0.2, -0.15) is 5.26 Å². The fraction of sp³-hybridized carbons (Fsp3) is 0.458. The first-order valence-corrected chi connectivity index (χ1v) is 13.2. The number of nitrogens with one attached hydrogen (secondary N) is 1. The third-order valence-corrected chi connectivity index (χ3v) is 8.84. The van der Waals surface area contributed by atoms with Crippen molar-refractivity contribution < 1.29 is 14.3 Å². The highest BCUT2D eigenvalue weighted by Crippen LogP contribution is 2.37. The minimum absolute atomic E-state index is 0.113. The Bertz CT molecular complexity index is 1410. The van der Waals surface area contributed by atoms with Crippen LogP contribution in [0.3, 0.4) is 0 Å². The molecule has 10 heteroatoms. The lowest BCUT2D eigenvalue weighted by Crippen LogP contribution is -2.24. The molecule has 34 heavy (non-hydrogen) atoms. The zero-order valence-electron chi connectivity index (χ0n) is 18.9. The predicted molar refractivity (Wildman–Crippen MR) is 131 cm³/mol. The maximum Gasteiger partial charge on any atom is 0.349 e. The van der Waals surface area contributed by atoms with E-state index >= 15 is 0 Å². The van der Waals surface area contributed by atoms with E-state index in [9.17, 15) is 19.6 Å². The molecule has 3 aromatic rings. The third kappa shape index (κ3) is 4.03. The molecule has 3 aromatic heterocycles. The lowest BCUT2D eigenvalue weighted by Gasteiger charge is -2.09. The molecule has 176 valence electrons. The van der Waals surface area contributed by atoms with Crippen LogP contribution in [-0.4, -0.2) is 28.0 Å². The Morgan fingerprint density at radius 3 is 2.76 bits per heavy atom. The normalized spacial score (nSPS) is 15.2. The van der Waals surface area contributed by atoms with E-state index in [1.165, 1.54) is 11.3 Å². The van der Waals surface area contributed by atoms with Crippen molar-refractivity contribution in [1.82, 2.24) is 9.55 Å². The van der Waals surface area contributed by atoms with E-state index in [1.54, 1.807) is 11.5 Å². The second-order valence-corrected chi connectivity index (χ2v) is 10.8. The molecule has 8 nitrogen and oxygen atoms in total. The number of carbonyl (C=O) groups is 2. The van der Waals surface area contributed by atoms with Crippen molar-refractivity contribution in [2.24, 2.45) is 0 Å². The molecule has 0 unspecified atom stereocenters. The number of thiophene rings is 2. The monoisotopic (exact) mass is 496 g/mol. The number of anilines is 1. The lowest BCUT2D eigenvalue weighted by molar-refractivity contribution is -0.119. The minimum Gasteiger partial charge on any atom is -0.451 e. The number of fused-ring (bicyclic) bond motifs is 3. The van der Waals surface area contributed by atoms with Crippen LogP contribution in [0, 0.1) is 18.3 Å². The summed E-state index contributed by atoms with van der Waals surface area (Å²) in [5.41, 5.74) is 1.98. The molecule has 0 spiro atoms. The van der Waals surface area contributed by atoms with Gasteiger partial charge in [0.1, 0.15) is 26.6 Å². The van der Waals surface area contributed by atoms with Crippen LogP contribution in [0.15, 0.2) is 4.79 Å². The zero-order chi connectivity index (χ0) is 23.8. The Morgan fingerprint density at radius 2 is 1.94 bits per heavy atom. The van der Waals surface area contributed by atoms with Crippen LogP contribution in [0.2, 0.25) is 0 Å². The van der Waals surface area contributed by atoms with Crippen molar-refractivity contribution in [2.45, 2.75) is 64.8 Å². The maximum absolute atomic E-state index is 13.1. The number of hydrogen-bond donors (Lipinski definition) is 1. The standard InChI is InChI=1S/C24H24N4O4S2/c1-13-19-22(26-17-9-3-2-6-10-28(17)23(19)30)34-20(13)24(31)32-12-18(29)27-21-15(11-25)14-7-4-5-8-16(14)33-21/h2-10,12H2,1H3,(H,27,29). The fourth-order valence-electron chi connectivity index (χ4n) is 4.74. The number of amides is 1. The summed E-state index contributed by atoms with van der Waals surface area (Å²) in [7, 11) is 0. The number of ether oxygens (including phenoxy) is 1. The molecule has 5 rings (SSSR count). The summed E-state index contributed by atoms with van der Waals surface area (Å²) < 4.78 is 7.01. The van der Waals surface area contributed by atoms with Crippen molar-refractivity contribution in [3.05, 3.63) is 42.6 Å². The number of carbonyl (C=O) groups excluding carboxylic acids is 2. The zero-order valence-corrected chi connectivity index (χ0v) is 20.5. The maximum atomic E-state index is 13.1. The Labute approximate surface area is 204 Å². The second kappa shape index (κ2) is 9.31. The second-order valence-electron chi connectivity index (χ2n) is 8.68. The molecule has 1 aliphatic carbocycles. The molecule has 0 aromatic carbocycles. The highest BCUT2D eigenvalue weighted by atomic mass is 32.1. The van der Waals surface area contributed by atoms with Crippen LogP contribution >= 0.6 is 22.7 Å². The van der Waals surface area contributed by atoms with Gasteiger partial charge in [-0.05, 0) is 56.6 Å². The molecule has 1 amide bonds. The van der Waals surface area contributed by atoms with Gasteiger partial charge in [-0.25, -0.2) is 9.78 Å². The Hall–Kier alpha value is -3.03. The summed E-state index contributed by atoms with van der Waals surface area (Å²) >= 11 is 2.56. The summed E-state index contributed by atoms with van der Waals surface area (Å²) in [6.45, 7) is 1.89. The van der Waals surface area contributed by atoms with Crippen LogP contribution in [0.25, 0.3) is 10.2 Å². The summed E-state index contributed by atoms with van der Waals surface area (Å²) in [6.07, 6.45) is 7.64. The van der Waals surface area contributed by atoms with Gasteiger partial charge >= 0.3 is 5.97 Å². The van der Waals surface area contributed by atoms with Crippen LogP contribution in [-0.2, 0) is 35.3 Å². The highest BCUT2D eigenvalue weighted by molar-refractivity contribution is 7.20. The quantitative estimate of drug-likeness (QED) is 0.544. The predicted octanol–water partition coefficient (Wildman–Crippen LogP) is 4.10. The SMILES string of the molecule is Cc1c(C(=O)OCC(=O)Nc2sc3c(c2C#N)CCCC3)sc2nc3n(c(=O)c12)CCCCC3. The lowest BCUT2D eigenvalue weighted by atomic mass is 9.96. The number of esters is 1. The van der Waals surface area contributed by atoms with Gasteiger partial charge in [0, 0.05) is 17.8 Å². The van der Waals surface area contributed by atoms with Crippen molar-refractivity contribution in [1.29, 1.82) is 5.26 Å². The summed E-state index contributed by atoms with van der Waals surface area (Å²) in [6, 6.07) is 2.21. The third-order valence-electron chi connectivity index (χ3n) is 6.47. The first-order chi connectivity index (χ1) is 16.5. The summed E-state index contributed by atoms with van der Waals surface area (Å²) in [5, 5.41) is 13.3. The van der Waals surface area contributed by atoms with Crippen molar-refractivity contribution in [2.75, 3.05) is 11.9 Å². The van der Waals surface area contributed by atoms with Gasteiger partial charge in [-0.15, -0.1) is 22.7 Å². The molecule has 0 fully saturated rings. The van der Waals surface area contributed by atoms with E-state index in [-0.39, 0.29) is 10.4 Å². The number of nitriles is 1. The van der Waals surface area contributed by atoms with Crippen LogP contribution in [0.4, 0.5) is 5.00 Å². The molecule has 0 atom stereocenters. The first kappa shape index (κ1) is 22.7.